The van der Waals surface area contributed by atoms with E-state index in [0.29, 0.717) is 18.6 Å². The molecule has 7 heteroatoms. The summed E-state index contributed by atoms with van der Waals surface area (Å²) in [6.07, 6.45) is 1.72. The predicted molar refractivity (Wildman–Crippen MR) is 84.7 cm³/mol. The molecule has 1 aromatic carbocycles. The molecule has 1 rings (SSSR count). The molecule has 0 fully saturated rings. The minimum Gasteiger partial charge on any atom is -0.494 e. The Labute approximate surface area is 131 Å². The van der Waals surface area contributed by atoms with E-state index in [1.54, 1.807) is 0 Å². The molecule has 1 aromatic rings. The lowest BCUT2D eigenvalue weighted by atomic mass is 9.81. The first-order chi connectivity index (χ1) is 10.3. The van der Waals surface area contributed by atoms with E-state index in [-0.39, 0.29) is 25.8 Å². The summed E-state index contributed by atoms with van der Waals surface area (Å²) in [5, 5.41) is 26.8. The lowest BCUT2D eigenvalue weighted by Crippen LogP contribution is -2.49. The van der Waals surface area contributed by atoms with Gasteiger partial charge >= 0.3 is 13.1 Å². The third-order valence-corrected chi connectivity index (χ3v) is 3.60. The van der Waals surface area contributed by atoms with E-state index in [1.807, 2.05) is 31.2 Å². The Bertz CT molecular complexity index is 466. The summed E-state index contributed by atoms with van der Waals surface area (Å²) < 4.78 is 5.53. The fraction of sp³-hybridized carbons (Fsp3) is 0.533. The zero-order valence-corrected chi connectivity index (χ0v) is 12.9. The fourth-order valence-electron chi connectivity index (χ4n) is 2.09. The van der Waals surface area contributed by atoms with Crippen LogP contribution in [0.3, 0.4) is 0 Å². The largest absolute Gasteiger partial charge is 0.494 e. The Morgan fingerprint density at radius 1 is 1.23 bits per heavy atom. The molecule has 0 saturated carbocycles. The van der Waals surface area contributed by atoms with Crippen LogP contribution in [0.25, 0.3) is 0 Å². The van der Waals surface area contributed by atoms with Crippen LogP contribution >= 0.6 is 0 Å². The molecule has 22 heavy (non-hydrogen) atoms. The van der Waals surface area contributed by atoms with Gasteiger partial charge in [0.25, 0.3) is 0 Å². The zero-order chi connectivity index (χ0) is 16.6. The van der Waals surface area contributed by atoms with Crippen molar-refractivity contribution in [1.82, 2.24) is 0 Å². The molecule has 0 spiro atoms. The zero-order valence-electron chi connectivity index (χ0n) is 12.9. The van der Waals surface area contributed by atoms with Crippen molar-refractivity contribution >= 4 is 13.1 Å². The summed E-state index contributed by atoms with van der Waals surface area (Å²) in [6.45, 7) is 2.19. The SMILES string of the molecule is Cc1ccc(OCCC(N)(CCCCB(O)O)C(=O)O)cc1. The van der Waals surface area contributed by atoms with E-state index in [4.69, 9.17) is 20.5 Å². The number of ether oxygens (including phenoxy) is 1. The van der Waals surface area contributed by atoms with Crippen LogP contribution in [-0.4, -0.2) is 40.4 Å². The smallest absolute Gasteiger partial charge is 0.451 e. The van der Waals surface area contributed by atoms with Crippen molar-refractivity contribution in [2.24, 2.45) is 5.73 Å². The molecule has 0 aliphatic rings. The molecule has 122 valence electrons. The average Bonchev–Trinajstić information content (AvgIpc) is 2.45. The summed E-state index contributed by atoms with van der Waals surface area (Å²) in [6, 6.07) is 7.50. The minimum absolute atomic E-state index is 0.192. The summed E-state index contributed by atoms with van der Waals surface area (Å²) in [7, 11) is -1.36. The quantitative estimate of drug-likeness (QED) is 0.381. The Hall–Kier alpha value is -1.57. The van der Waals surface area contributed by atoms with E-state index >= 15 is 0 Å². The van der Waals surface area contributed by atoms with Gasteiger partial charge in [-0.15, -0.1) is 0 Å². The molecule has 0 heterocycles. The van der Waals surface area contributed by atoms with E-state index in [1.165, 1.54) is 0 Å². The molecule has 0 radical (unpaired) electrons. The van der Waals surface area contributed by atoms with Crippen molar-refractivity contribution in [3.05, 3.63) is 29.8 Å². The number of aryl methyl sites for hydroxylation is 1. The molecule has 0 aromatic heterocycles. The van der Waals surface area contributed by atoms with Gasteiger partial charge in [0.2, 0.25) is 0 Å². The summed E-state index contributed by atoms with van der Waals surface area (Å²) in [5.41, 5.74) is 5.71. The van der Waals surface area contributed by atoms with Crippen LogP contribution < -0.4 is 10.5 Å². The van der Waals surface area contributed by atoms with Gasteiger partial charge in [0.15, 0.2) is 0 Å². The van der Waals surface area contributed by atoms with Gasteiger partial charge in [-0.2, -0.15) is 0 Å². The molecule has 5 N–H and O–H groups in total. The third kappa shape index (κ3) is 6.47. The van der Waals surface area contributed by atoms with E-state index in [2.05, 4.69) is 0 Å². The van der Waals surface area contributed by atoms with Crippen LogP contribution in [0.4, 0.5) is 0 Å². The molecule has 0 aliphatic carbocycles. The Morgan fingerprint density at radius 3 is 2.41 bits per heavy atom. The van der Waals surface area contributed by atoms with Gasteiger partial charge in [0, 0.05) is 6.42 Å². The van der Waals surface area contributed by atoms with Crippen LogP contribution in [0.2, 0.25) is 6.32 Å². The Kier molecular flexibility index (Phi) is 7.37. The van der Waals surface area contributed by atoms with Crippen molar-refractivity contribution in [3.63, 3.8) is 0 Å². The highest BCUT2D eigenvalue weighted by atomic mass is 16.5. The lowest BCUT2D eigenvalue weighted by Gasteiger charge is -2.24. The maximum atomic E-state index is 11.4. The maximum Gasteiger partial charge on any atom is 0.451 e. The molecule has 0 amide bonds. The van der Waals surface area contributed by atoms with Gasteiger partial charge < -0.3 is 25.6 Å². The Morgan fingerprint density at radius 2 is 1.86 bits per heavy atom. The second kappa shape index (κ2) is 8.78. The van der Waals surface area contributed by atoms with Crippen molar-refractivity contribution < 1.29 is 24.7 Å². The molecule has 0 bridgehead atoms. The monoisotopic (exact) mass is 309 g/mol. The minimum atomic E-state index is -1.36. The van der Waals surface area contributed by atoms with Gasteiger partial charge in [-0.1, -0.05) is 30.5 Å². The highest BCUT2D eigenvalue weighted by Crippen LogP contribution is 2.19. The number of unbranched alkanes of at least 4 members (excludes halogenated alkanes) is 1. The maximum absolute atomic E-state index is 11.4. The van der Waals surface area contributed by atoms with E-state index in [9.17, 15) is 9.90 Å². The third-order valence-electron chi connectivity index (χ3n) is 3.60. The van der Waals surface area contributed by atoms with Gasteiger partial charge in [-0.05, 0) is 31.8 Å². The average molecular weight is 309 g/mol. The van der Waals surface area contributed by atoms with E-state index in [0.717, 1.165) is 5.56 Å². The normalized spacial score (nSPS) is 13.5. The number of carboxylic acids is 1. The van der Waals surface area contributed by atoms with Gasteiger partial charge in [0.1, 0.15) is 11.3 Å². The van der Waals surface area contributed by atoms with Crippen molar-refractivity contribution in [2.75, 3.05) is 6.61 Å². The molecule has 0 saturated heterocycles. The standard InChI is InChI=1S/C15H24BNO5/c1-12-4-6-13(7-5-12)22-11-9-15(17,14(18)19)8-2-3-10-16(20)21/h4-7,20-21H,2-3,8-11,17H2,1H3,(H,18,19). The van der Waals surface area contributed by atoms with Gasteiger partial charge in [-0.25, -0.2) is 0 Å². The van der Waals surface area contributed by atoms with Crippen LogP contribution in [0.15, 0.2) is 24.3 Å². The molecular formula is C15H24BNO5. The van der Waals surface area contributed by atoms with Crippen LogP contribution in [-0.2, 0) is 4.79 Å². The first-order valence-electron chi connectivity index (χ1n) is 7.41. The van der Waals surface area contributed by atoms with Crippen molar-refractivity contribution in [1.29, 1.82) is 0 Å². The number of carboxylic acid groups (broad SMARTS) is 1. The second-order valence-electron chi connectivity index (χ2n) is 5.60. The Balaban J connectivity index is 2.42. The van der Waals surface area contributed by atoms with Crippen molar-refractivity contribution in [2.45, 2.75) is 44.5 Å². The van der Waals surface area contributed by atoms with E-state index < -0.39 is 18.6 Å². The number of aliphatic carboxylic acids is 1. The highest BCUT2D eigenvalue weighted by molar-refractivity contribution is 6.40. The second-order valence-corrected chi connectivity index (χ2v) is 5.60. The summed E-state index contributed by atoms with van der Waals surface area (Å²) in [4.78, 5) is 11.4. The molecule has 1 unspecified atom stereocenters. The number of hydrogen-bond acceptors (Lipinski definition) is 5. The summed E-state index contributed by atoms with van der Waals surface area (Å²) in [5.74, 6) is -0.383. The van der Waals surface area contributed by atoms with Gasteiger partial charge in [-0.3, -0.25) is 4.79 Å². The topological polar surface area (TPSA) is 113 Å². The number of benzene rings is 1. The number of rotatable bonds is 10. The predicted octanol–water partition coefficient (Wildman–Crippen LogP) is 1.19. The number of nitrogens with two attached hydrogens (primary N) is 1. The van der Waals surface area contributed by atoms with Crippen LogP contribution in [0.1, 0.15) is 31.2 Å². The first kappa shape index (κ1) is 18.5. The molecule has 0 aliphatic heterocycles. The van der Waals surface area contributed by atoms with Crippen molar-refractivity contribution in [3.8, 4) is 5.75 Å². The highest BCUT2D eigenvalue weighted by Gasteiger charge is 2.33. The summed E-state index contributed by atoms with van der Waals surface area (Å²) >= 11 is 0. The molecular weight excluding hydrogens is 285 g/mol. The molecule has 1 atom stereocenters. The lowest BCUT2D eigenvalue weighted by molar-refractivity contribution is -0.144. The first-order valence-corrected chi connectivity index (χ1v) is 7.41. The number of carbonyl (C=O) groups is 1. The number of hydrogen-bond donors (Lipinski definition) is 4. The van der Waals surface area contributed by atoms with Crippen LogP contribution in [0.5, 0.6) is 5.75 Å². The van der Waals surface area contributed by atoms with Crippen LogP contribution in [0, 0.1) is 6.92 Å². The van der Waals surface area contributed by atoms with Gasteiger partial charge in [0.05, 0.1) is 6.61 Å². The fourth-order valence-corrected chi connectivity index (χ4v) is 2.09. The molecule has 6 nitrogen and oxygen atoms in total.